The zero-order chi connectivity index (χ0) is 13.9. The third kappa shape index (κ3) is 3.28. The van der Waals surface area contributed by atoms with Crippen molar-refractivity contribution in [2.24, 2.45) is 0 Å². The average Bonchev–Trinajstić information content (AvgIpc) is 2.84. The molecule has 19 heavy (non-hydrogen) atoms. The molecule has 1 aromatic heterocycles. The summed E-state index contributed by atoms with van der Waals surface area (Å²) in [6.07, 6.45) is 7.25. The maximum absolute atomic E-state index is 12.4. The van der Waals surface area contributed by atoms with E-state index in [1.165, 1.54) is 11.8 Å². The number of aromatic nitrogens is 1. The molecule has 1 N–H and O–H groups in total. The number of likely N-dealkylation sites (N-methyl/N-ethyl adjacent to an activating group) is 1. The summed E-state index contributed by atoms with van der Waals surface area (Å²) < 4.78 is 0. The number of carbonyl (C=O) groups excluding carboxylic acids is 1. The van der Waals surface area contributed by atoms with Gasteiger partial charge in [-0.3, -0.25) is 4.79 Å². The molecule has 1 aliphatic rings. The summed E-state index contributed by atoms with van der Waals surface area (Å²) in [5, 5.41) is 11.1. The molecule has 2 rings (SSSR count). The molecule has 0 radical (unpaired) electrons. The van der Waals surface area contributed by atoms with Crippen LogP contribution < -0.4 is 0 Å². The summed E-state index contributed by atoms with van der Waals surface area (Å²) >= 11 is 1.46. The molecule has 1 amide bonds. The Kier molecular flexibility index (Phi) is 4.47. The van der Waals surface area contributed by atoms with Crippen LogP contribution in [0.5, 0.6) is 0 Å². The molecule has 4 nitrogen and oxygen atoms in total. The number of carbonyl (C=O) groups is 1. The second-order valence-electron chi connectivity index (χ2n) is 5.15. The van der Waals surface area contributed by atoms with Gasteiger partial charge in [-0.1, -0.05) is 12.8 Å². The Balaban J connectivity index is 2.10. The number of nitrogens with zero attached hydrogens (tertiary/aromatic N) is 2. The molecule has 1 aliphatic carbocycles. The van der Waals surface area contributed by atoms with Crippen LogP contribution in [-0.2, 0) is 0 Å². The number of thioether (sulfide) groups is 1. The Labute approximate surface area is 118 Å². The van der Waals surface area contributed by atoms with Crippen LogP contribution in [-0.4, -0.2) is 46.3 Å². The van der Waals surface area contributed by atoms with Crippen molar-refractivity contribution >= 4 is 17.7 Å². The summed E-state index contributed by atoms with van der Waals surface area (Å²) in [4.78, 5) is 18.2. The monoisotopic (exact) mass is 280 g/mol. The molecule has 0 saturated heterocycles. The molecule has 104 valence electrons. The number of aliphatic hydroxyl groups is 1. The third-order valence-corrected chi connectivity index (χ3v) is 4.32. The highest BCUT2D eigenvalue weighted by atomic mass is 32.2. The van der Waals surface area contributed by atoms with Gasteiger partial charge in [0.2, 0.25) is 0 Å². The number of hydrogen-bond donors (Lipinski definition) is 1. The molecule has 1 fully saturated rings. The molecule has 0 aliphatic heterocycles. The Hall–Kier alpha value is -1.07. The fourth-order valence-electron chi connectivity index (χ4n) is 2.63. The van der Waals surface area contributed by atoms with Crippen molar-refractivity contribution in [2.45, 2.75) is 36.3 Å². The van der Waals surface area contributed by atoms with E-state index >= 15 is 0 Å². The quantitative estimate of drug-likeness (QED) is 0.859. The van der Waals surface area contributed by atoms with Crippen molar-refractivity contribution < 1.29 is 9.90 Å². The summed E-state index contributed by atoms with van der Waals surface area (Å²) in [7, 11) is 1.75. The van der Waals surface area contributed by atoms with Crippen LogP contribution in [0.15, 0.2) is 23.4 Å². The first-order chi connectivity index (χ1) is 9.06. The van der Waals surface area contributed by atoms with Crippen LogP contribution in [0.25, 0.3) is 0 Å². The molecule has 1 heterocycles. The molecule has 1 aromatic rings. The molecular weight excluding hydrogens is 260 g/mol. The lowest BCUT2D eigenvalue weighted by molar-refractivity contribution is 0.0155. The first-order valence-corrected chi connectivity index (χ1v) is 7.75. The average molecular weight is 280 g/mol. The number of amides is 1. The predicted octanol–water partition coefficient (Wildman–Crippen LogP) is 2.18. The van der Waals surface area contributed by atoms with Crippen LogP contribution in [0.3, 0.4) is 0 Å². The summed E-state index contributed by atoms with van der Waals surface area (Å²) in [6.45, 7) is 0.397. The van der Waals surface area contributed by atoms with Gasteiger partial charge in [0, 0.05) is 19.8 Å². The fraction of sp³-hybridized carbons (Fsp3) is 0.571. The van der Waals surface area contributed by atoms with Crippen molar-refractivity contribution in [1.82, 2.24) is 9.88 Å². The van der Waals surface area contributed by atoms with Gasteiger partial charge >= 0.3 is 0 Å². The van der Waals surface area contributed by atoms with Crippen LogP contribution in [0.4, 0.5) is 0 Å². The van der Waals surface area contributed by atoms with E-state index in [0.29, 0.717) is 12.1 Å². The zero-order valence-electron chi connectivity index (χ0n) is 11.4. The summed E-state index contributed by atoms with van der Waals surface area (Å²) in [6, 6.07) is 3.56. The van der Waals surface area contributed by atoms with E-state index in [4.69, 9.17) is 0 Å². The minimum atomic E-state index is -0.702. The van der Waals surface area contributed by atoms with Gasteiger partial charge in [-0.15, -0.1) is 11.8 Å². The molecule has 0 unspecified atom stereocenters. The Bertz CT molecular complexity index is 459. The normalized spacial score (nSPS) is 17.4. The molecule has 0 bridgehead atoms. The van der Waals surface area contributed by atoms with Crippen LogP contribution >= 0.6 is 11.8 Å². The molecule has 1 saturated carbocycles. The number of hydrogen-bond acceptors (Lipinski definition) is 4. The van der Waals surface area contributed by atoms with Gasteiger partial charge in [0.1, 0.15) is 5.03 Å². The van der Waals surface area contributed by atoms with E-state index in [1.54, 1.807) is 30.3 Å². The maximum Gasteiger partial charge on any atom is 0.256 e. The van der Waals surface area contributed by atoms with Crippen molar-refractivity contribution in [3.8, 4) is 0 Å². The van der Waals surface area contributed by atoms with Crippen LogP contribution in [0.1, 0.15) is 36.0 Å². The van der Waals surface area contributed by atoms with Gasteiger partial charge < -0.3 is 10.0 Å². The number of pyridine rings is 1. The smallest absolute Gasteiger partial charge is 0.256 e. The Morgan fingerprint density at radius 2 is 2.21 bits per heavy atom. The molecule has 0 spiro atoms. The van der Waals surface area contributed by atoms with E-state index < -0.39 is 5.60 Å². The lowest BCUT2D eigenvalue weighted by Gasteiger charge is -2.28. The second kappa shape index (κ2) is 5.92. The minimum Gasteiger partial charge on any atom is -0.388 e. The standard InChI is InChI=1S/C14H20N2O2S/c1-16(10-14(18)7-3-4-8-14)13(17)11-6-5-9-15-12(11)19-2/h5-6,9,18H,3-4,7-8,10H2,1-2H3. The second-order valence-corrected chi connectivity index (χ2v) is 5.95. The highest BCUT2D eigenvalue weighted by Gasteiger charge is 2.33. The van der Waals surface area contributed by atoms with E-state index in [0.717, 1.165) is 30.7 Å². The van der Waals surface area contributed by atoms with Gasteiger partial charge in [0.05, 0.1) is 11.2 Å². The molecule has 5 heteroatoms. The van der Waals surface area contributed by atoms with Gasteiger partial charge in [-0.05, 0) is 31.2 Å². The van der Waals surface area contributed by atoms with Crippen molar-refractivity contribution in [1.29, 1.82) is 0 Å². The molecule has 0 atom stereocenters. The highest BCUT2D eigenvalue weighted by molar-refractivity contribution is 7.98. The lowest BCUT2D eigenvalue weighted by atomic mass is 10.0. The summed E-state index contributed by atoms with van der Waals surface area (Å²) in [5.41, 5.74) is -0.0920. The maximum atomic E-state index is 12.4. The first kappa shape index (κ1) is 14.3. The number of rotatable bonds is 4. The van der Waals surface area contributed by atoms with Crippen molar-refractivity contribution in [2.75, 3.05) is 19.8 Å². The topological polar surface area (TPSA) is 53.4 Å². The SMILES string of the molecule is CSc1ncccc1C(=O)N(C)CC1(O)CCCC1. The van der Waals surface area contributed by atoms with E-state index in [-0.39, 0.29) is 5.91 Å². The van der Waals surface area contributed by atoms with E-state index in [2.05, 4.69) is 4.98 Å². The van der Waals surface area contributed by atoms with E-state index in [9.17, 15) is 9.90 Å². The molecular formula is C14H20N2O2S. The fourth-order valence-corrected chi connectivity index (χ4v) is 3.17. The third-order valence-electron chi connectivity index (χ3n) is 3.61. The van der Waals surface area contributed by atoms with Crippen LogP contribution in [0, 0.1) is 0 Å². The Morgan fingerprint density at radius 3 is 2.84 bits per heavy atom. The first-order valence-electron chi connectivity index (χ1n) is 6.52. The highest BCUT2D eigenvalue weighted by Crippen LogP contribution is 2.30. The Morgan fingerprint density at radius 1 is 1.53 bits per heavy atom. The zero-order valence-corrected chi connectivity index (χ0v) is 12.2. The van der Waals surface area contributed by atoms with Gasteiger partial charge in [0.25, 0.3) is 5.91 Å². The van der Waals surface area contributed by atoms with Gasteiger partial charge in [-0.25, -0.2) is 4.98 Å². The van der Waals surface area contributed by atoms with Crippen LogP contribution in [0.2, 0.25) is 0 Å². The predicted molar refractivity (Wildman–Crippen MR) is 76.4 cm³/mol. The van der Waals surface area contributed by atoms with Gasteiger partial charge in [-0.2, -0.15) is 0 Å². The van der Waals surface area contributed by atoms with Crippen molar-refractivity contribution in [3.05, 3.63) is 23.9 Å². The van der Waals surface area contributed by atoms with E-state index in [1.807, 2.05) is 6.26 Å². The lowest BCUT2D eigenvalue weighted by Crippen LogP contribution is -2.42. The summed E-state index contributed by atoms with van der Waals surface area (Å²) in [5.74, 6) is -0.0715. The largest absolute Gasteiger partial charge is 0.388 e. The van der Waals surface area contributed by atoms with Crippen molar-refractivity contribution in [3.63, 3.8) is 0 Å². The molecule has 0 aromatic carbocycles. The minimum absolute atomic E-state index is 0.0715. The van der Waals surface area contributed by atoms with Gasteiger partial charge in [0.15, 0.2) is 0 Å².